The van der Waals surface area contributed by atoms with Gasteiger partial charge < -0.3 is 0 Å². The summed E-state index contributed by atoms with van der Waals surface area (Å²) in [7, 11) is 0. The Hall–Kier alpha value is -20.3. The van der Waals surface area contributed by atoms with E-state index in [1.807, 2.05) is 6.07 Å². The summed E-state index contributed by atoms with van der Waals surface area (Å²) in [5.74, 6) is 2.49. The maximum atomic E-state index is 5.43. The topological polar surface area (TPSA) is 105 Å². The molecule has 0 fully saturated rings. The molecular weight excluding hydrogens is 1830 g/mol. The summed E-state index contributed by atoms with van der Waals surface area (Å²) in [6, 6.07) is 179. The van der Waals surface area contributed by atoms with E-state index in [0.29, 0.717) is 0 Å². The lowest BCUT2D eigenvalue weighted by Gasteiger charge is -2.15. The van der Waals surface area contributed by atoms with E-state index in [4.69, 9.17) is 29.9 Å². The van der Waals surface area contributed by atoms with Crippen molar-refractivity contribution >= 4 is 245 Å². The molecule has 34 rings (SSSR count). The highest BCUT2D eigenvalue weighted by Gasteiger charge is 2.29. The Morgan fingerprint density at radius 1 is 0.127 bits per heavy atom. The van der Waals surface area contributed by atoms with Crippen molar-refractivity contribution in [1.29, 1.82) is 0 Å². The molecule has 0 amide bonds. The van der Waals surface area contributed by atoms with Crippen LogP contribution in [-0.2, 0) is 0 Å². The zero-order valence-electron chi connectivity index (χ0n) is 80.7. The number of nitrogens with zero attached hydrogens (tertiary/aromatic N) is 12. The van der Waals surface area contributed by atoms with E-state index in [0.717, 1.165) is 134 Å². The molecule has 25 aromatic carbocycles. The number of hydrogen-bond donors (Lipinski definition) is 0. The molecule has 0 unspecified atom stereocenters. The highest BCUT2D eigenvalue weighted by atomic mass is 15.3. The van der Waals surface area contributed by atoms with Crippen molar-refractivity contribution < 1.29 is 0 Å². The lowest BCUT2D eigenvalue weighted by molar-refractivity contribution is 0.981. The standard InChI is InChI=1S/C50H30N4.C48H28N4.C40H24N4/c1-2-12-32-27-33(22-21-31(32)11-1)34-23-24-36-29-37(26-25-35(36)28-34)42-30-43-39-14-6-9-19-46(39)53(48(43)40-15-4-3-13-38(40)42)50-52-44-17-7-5-16-41(44)49-51-45-18-8-10-20-47(45)54(49)50;1-2-15-32-30(13-1)31-14-3-4-16-33(31)40-27-29(25-26-35(32)40)39-28-41-36-18-8-11-23-44(36)51(46(41)37-19-6-5-17-34(37)39)48-50-42-21-9-7-20-38(42)47-49-43-22-10-12-24-45(43)52(47)48;1-2-12-26-23-27(22-21-25(26)11-1)32-24-33-29-14-6-9-19-36(29)43(38(33)30-15-4-3-13-28(30)32)40-42-34-17-7-5-16-31(34)39-41-35-18-8-10-20-37(35)44(39)40/h1-30H;1-28H;1-24H. The predicted octanol–water partition coefficient (Wildman–Crippen LogP) is 35.4. The molecule has 9 aromatic heterocycles. The molecule has 0 aliphatic carbocycles. The molecule has 0 saturated carbocycles. The SMILES string of the molecule is c1ccc2c(c1)nc(-n1c3ccccc3c3cc(-c4ccc5c6ccccc6c6ccccc6c5c4)c4ccccc4c31)n1c3ccccc3nc21.c1ccc2cc(-c3cc4c5ccccc5n(-c5nc6ccccc6c6nc7ccccc7n56)c4c4ccccc34)ccc2c1.c1ccc2cc(-c3ccc4cc(-c5cc6c7ccccc7n(-c7nc8ccccc8c8nc9ccccc9n78)c6c6ccccc56)ccc4c3)ccc2c1. The van der Waals surface area contributed by atoms with E-state index in [-0.39, 0.29) is 0 Å². The molecule has 0 radical (unpaired) electrons. The average molecular weight is 1910 g/mol. The fourth-order valence-corrected chi connectivity index (χ4v) is 24.6. The summed E-state index contributed by atoms with van der Waals surface area (Å²) < 4.78 is 13.8. The molecule has 0 spiro atoms. The van der Waals surface area contributed by atoms with E-state index >= 15 is 0 Å². The van der Waals surface area contributed by atoms with Gasteiger partial charge >= 0.3 is 0 Å². The summed E-state index contributed by atoms with van der Waals surface area (Å²) in [6.07, 6.45) is 0. The fourth-order valence-electron chi connectivity index (χ4n) is 24.6. The zero-order valence-corrected chi connectivity index (χ0v) is 80.7. The van der Waals surface area contributed by atoms with Crippen LogP contribution in [0.2, 0.25) is 0 Å². The lowest BCUT2D eigenvalue weighted by atomic mass is 9.90. The van der Waals surface area contributed by atoms with Crippen LogP contribution in [-0.4, -0.2) is 56.8 Å². The number of rotatable bonds is 7. The fraction of sp³-hybridized carbons (Fsp3) is 0. The number of para-hydroxylation sites is 12. The van der Waals surface area contributed by atoms with Crippen LogP contribution >= 0.6 is 0 Å². The van der Waals surface area contributed by atoms with Gasteiger partial charge in [0.05, 0.1) is 82.8 Å². The first kappa shape index (κ1) is 83.2. The minimum Gasteiger partial charge on any atom is -0.278 e. The number of fused-ring (bicyclic) bond motifs is 39. The maximum Gasteiger partial charge on any atom is 0.221 e. The van der Waals surface area contributed by atoms with Gasteiger partial charge in [0, 0.05) is 64.6 Å². The van der Waals surface area contributed by atoms with E-state index in [1.54, 1.807) is 0 Å². The van der Waals surface area contributed by atoms with Crippen LogP contribution in [0.15, 0.2) is 497 Å². The van der Waals surface area contributed by atoms with Gasteiger partial charge in [0.2, 0.25) is 17.8 Å². The van der Waals surface area contributed by atoms with Gasteiger partial charge in [-0.15, -0.1) is 0 Å². The van der Waals surface area contributed by atoms with Crippen LogP contribution in [0, 0.1) is 0 Å². The quantitative estimate of drug-likeness (QED) is 0.147. The van der Waals surface area contributed by atoms with Gasteiger partial charge in [-0.1, -0.05) is 358 Å². The second-order valence-electron chi connectivity index (χ2n) is 39.5. The third kappa shape index (κ3) is 12.5. The summed E-state index contributed by atoms with van der Waals surface area (Å²) in [5.41, 5.74) is 27.9. The van der Waals surface area contributed by atoms with Gasteiger partial charge in [0.25, 0.3) is 0 Å². The van der Waals surface area contributed by atoms with Crippen molar-refractivity contribution in [3.63, 3.8) is 0 Å². The summed E-state index contributed by atoms with van der Waals surface area (Å²) in [6.45, 7) is 0. The van der Waals surface area contributed by atoms with E-state index < -0.39 is 0 Å². The van der Waals surface area contributed by atoms with Gasteiger partial charge in [0.15, 0.2) is 0 Å². The van der Waals surface area contributed by atoms with Crippen LogP contribution < -0.4 is 0 Å². The first-order chi connectivity index (χ1) is 74.4. The Kier molecular flexibility index (Phi) is 18.1. The highest BCUT2D eigenvalue weighted by molar-refractivity contribution is 6.29. The van der Waals surface area contributed by atoms with Crippen molar-refractivity contribution in [2.24, 2.45) is 0 Å². The second-order valence-corrected chi connectivity index (χ2v) is 39.5. The first-order valence-electron chi connectivity index (χ1n) is 51.1. The number of hydrogen-bond acceptors (Lipinski definition) is 6. The average Bonchev–Trinajstić information content (AvgIpc) is 1.54. The molecule has 12 nitrogen and oxygen atoms in total. The van der Waals surface area contributed by atoms with E-state index in [2.05, 4.69) is 518 Å². The van der Waals surface area contributed by atoms with Crippen molar-refractivity contribution in [1.82, 2.24) is 56.8 Å². The second kappa shape index (κ2) is 32.6. The highest BCUT2D eigenvalue weighted by Crippen LogP contribution is 2.50. The van der Waals surface area contributed by atoms with Gasteiger partial charge in [0.1, 0.15) is 16.9 Å². The number of aromatic nitrogens is 12. The largest absolute Gasteiger partial charge is 0.278 e. The van der Waals surface area contributed by atoms with Crippen LogP contribution in [0.25, 0.3) is 307 Å². The van der Waals surface area contributed by atoms with Gasteiger partial charge in [-0.25, -0.2) is 29.9 Å². The monoisotopic (exact) mass is 1910 g/mol. The predicted molar refractivity (Wildman–Crippen MR) is 626 cm³/mol. The molecule has 0 atom stereocenters. The summed E-state index contributed by atoms with van der Waals surface area (Å²) >= 11 is 0. The Balaban J connectivity index is 0.0000000998. The number of benzene rings is 25. The Labute approximate surface area is 855 Å². The van der Waals surface area contributed by atoms with Gasteiger partial charge in [-0.05, 0) is 265 Å². The van der Waals surface area contributed by atoms with Crippen LogP contribution in [0.4, 0.5) is 0 Å². The molecule has 0 bridgehead atoms. The van der Waals surface area contributed by atoms with Crippen LogP contribution in [0.3, 0.4) is 0 Å². The van der Waals surface area contributed by atoms with Gasteiger partial charge in [-0.2, -0.15) is 0 Å². The van der Waals surface area contributed by atoms with Crippen molar-refractivity contribution in [3.8, 4) is 62.4 Å². The molecule has 9 heterocycles. The summed E-state index contributed by atoms with van der Waals surface area (Å²) in [5, 5.41) is 32.6. The lowest BCUT2D eigenvalue weighted by Crippen LogP contribution is -2.06. The van der Waals surface area contributed by atoms with Crippen LogP contribution in [0.5, 0.6) is 0 Å². The molecule has 12 heteroatoms. The minimum atomic E-state index is 0.828. The first-order valence-corrected chi connectivity index (χ1v) is 51.1. The van der Waals surface area contributed by atoms with Crippen molar-refractivity contribution in [2.75, 3.05) is 0 Å². The molecule has 694 valence electrons. The Morgan fingerprint density at radius 3 is 0.700 bits per heavy atom. The van der Waals surface area contributed by atoms with Crippen molar-refractivity contribution in [3.05, 3.63) is 497 Å². The number of imidazole rings is 3. The molecule has 0 saturated heterocycles. The third-order valence-corrected chi connectivity index (χ3v) is 31.4. The minimum absolute atomic E-state index is 0.828. The van der Waals surface area contributed by atoms with Gasteiger partial charge in [-0.3, -0.25) is 26.9 Å². The normalized spacial score (nSPS) is 12.1. The molecular formula is C138H82N12. The van der Waals surface area contributed by atoms with E-state index in [9.17, 15) is 0 Å². The molecule has 0 aliphatic rings. The van der Waals surface area contributed by atoms with E-state index in [1.165, 1.54) is 174 Å². The maximum absolute atomic E-state index is 5.43. The zero-order chi connectivity index (χ0) is 98.0. The Bertz CT molecular complexity index is 11800. The smallest absolute Gasteiger partial charge is 0.221 e. The van der Waals surface area contributed by atoms with Crippen LogP contribution in [0.1, 0.15) is 0 Å². The molecule has 34 aromatic rings. The third-order valence-electron chi connectivity index (χ3n) is 31.4. The molecule has 0 N–H and O–H groups in total. The molecule has 0 aliphatic heterocycles. The molecule has 150 heavy (non-hydrogen) atoms. The summed E-state index contributed by atoms with van der Waals surface area (Å²) in [4.78, 5) is 31.7. The Morgan fingerprint density at radius 2 is 0.353 bits per heavy atom. The van der Waals surface area contributed by atoms with Crippen molar-refractivity contribution in [2.45, 2.75) is 0 Å².